The van der Waals surface area contributed by atoms with Crippen LogP contribution in [0.4, 0.5) is 0 Å². The van der Waals surface area contributed by atoms with Gasteiger partial charge in [-0.1, -0.05) is 91.0 Å². The maximum absolute atomic E-state index is 13.6. The summed E-state index contributed by atoms with van der Waals surface area (Å²) in [5.41, 5.74) is 1.32. The van der Waals surface area contributed by atoms with Crippen molar-refractivity contribution < 1.29 is 23.7 Å². The highest BCUT2D eigenvalue weighted by atomic mass is 16.6. The molecule has 0 unspecified atom stereocenters. The topological polar surface area (TPSA) is 66.0 Å². The predicted octanol–water partition coefficient (Wildman–Crippen LogP) is 5.45. The Morgan fingerprint density at radius 3 is 1.68 bits per heavy atom. The molecule has 0 radical (unpaired) electrons. The number of carbonyl (C=O) groups is 1. The Bertz CT molecular complexity index is 1130. The number of piperidine rings is 1. The van der Waals surface area contributed by atoms with E-state index in [1.54, 1.807) is 0 Å². The van der Waals surface area contributed by atoms with Crippen LogP contribution in [-0.4, -0.2) is 42.0 Å². The standard InChI is InChI=1S/C32H39NO5/c1-31(2,3)38-30(34)32(4)29(37-23-26-18-12-7-13-19-26)28(36-22-25-16-10-6-11-17-25)27(20-33-32)35-21-24-14-8-5-9-15-24/h5-19,27-29,33H,20-23H2,1-4H3/t27-,28+,29+,32+/m1/s1. The van der Waals surface area contributed by atoms with Gasteiger partial charge >= 0.3 is 5.97 Å². The van der Waals surface area contributed by atoms with Crippen LogP contribution in [0.25, 0.3) is 0 Å². The highest BCUT2D eigenvalue weighted by Gasteiger charge is 2.54. The zero-order chi connectivity index (χ0) is 27.0. The van der Waals surface area contributed by atoms with Gasteiger partial charge in [0.15, 0.2) is 0 Å². The van der Waals surface area contributed by atoms with Crippen molar-refractivity contribution in [3.05, 3.63) is 108 Å². The average Bonchev–Trinajstić information content (AvgIpc) is 2.91. The molecule has 0 amide bonds. The number of esters is 1. The summed E-state index contributed by atoms with van der Waals surface area (Å²) < 4.78 is 25.4. The van der Waals surface area contributed by atoms with E-state index in [9.17, 15) is 4.79 Å². The summed E-state index contributed by atoms with van der Waals surface area (Å²) >= 11 is 0. The van der Waals surface area contributed by atoms with Crippen LogP contribution >= 0.6 is 0 Å². The first-order valence-electron chi connectivity index (χ1n) is 13.2. The number of benzene rings is 3. The van der Waals surface area contributed by atoms with E-state index in [1.807, 2.05) is 119 Å². The largest absolute Gasteiger partial charge is 0.459 e. The van der Waals surface area contributed by atoms with E-state index in [0.717, 1.165) is 16.7 Å². The fourth-order valence-electron chi connectivity index (χ4n) is 4.54. The van der Waals surface area contributed by atoms with Crippen LogP contribution in [-0.2, 0) is 43.6 Å². The Hall–Kier alpha value is -3.03. The molecular formula is C32H39NO5. The summed E-state index contributed by atoms with van der Waals surface area (Å²) in [5, 5.41) is 3.41. The molecule has 3 aromatic rings. The van der Waals surface area contributed by atoms with Crippen molar-refractivity contribution in [2.75, 3.05) is 6.54 Å². The van der Waals surface area contributed by atoms with Gasteiger partial charge in [-0.05, 0) is 44.4 Å². The lowest BCUT2D eigenvalue weighted by molar-refractivity contribution is -0.209. The van der Waals surface area contributed by atoms with Crippen LogP contribution in [0.5, 0.6) is 0 Å². The van der Waals surface area contributed by atoms with Gasteiger partial charge in [0.05, 0.1) is 25.9 Å². The molecule has 1 aliphatic rings. The van der Waals surface area contributed by atoms with Crippen molar-refractivity contribution in [2.24, 2.45) is 0 Å². The molecule has 1 N–H and O–H groups in total. The van der Waals surface area contributed by atoms with Crippen molar-refractivity contribution in [1.29, 1.82) is 0 Å². The summed E-state index contributed by atoms with van der Waals surface area (Å²) in [6.07, 6.45) is -1.55. The lowest BCUT2D eigenvalue weighted by Crippen LogP contribution is -2.72. The molecule has 0 aliphatic carbocycles. The summed E-state index contributed by atoms with van der Waals surface area (Å²) in [7, 11) is 0. The molecule has 4 atom stereocenters. The smallest absolute Gasteiger partial charge is 0.329 e. The van der Waals surface area contributed by atoms with E-state index >= 15 is 0 Å². The molecule has 3 aromatic carbocycles. The molecule has 38 heavy (non-hydrogen) atoms. The van der Waals surface area contributed by atoms with Gasteiger partial charge in [-0.15, -0.1) is 0 Å². The minimum absolute atomic E-state index is 0.322. The zero-order valence-corrected chi connectivity index (χ0v) is 22.8. The molecule has 1 aliphatic heterocycles. The van der Waals surface area contributed by atoms with Gasteiger partial charge in [0.25, 0.3) is 0 Å². The second-order valence-electron chi connectivity index (χ2n) is 10.9. The third-order valence-electron chi connectivity index (χ3n) is 6.59. The van der Waals surface area contributed by atoms with Crippen LogP contribution in [0.15, 0.2) is 91.0 Å². The Morgan fingerprint density at radius 2 is 1.21 bits per heavy atom. The number of nitrogens with one attached hydrogen (secondary N) is 1. The Kier molecular flexibility index (Phi) is 9.34. The molecule has 0 spiro atoms. The van der Waals surface area contributed by atoms with E-state index in [4.69, 9.17) is 18.9 Å². The monoisotopic (exact) mass is 517 g/mol. The molecule has 6 nitrogen and oxygen atoms in total. The summed E-state index contributed by atoms with van der Waals surface area (Å²) in [6, 6.07) is 29.9. The molecule has 1 fully saturated rings. The second kappa shape index (κ2) is 12.7. The molecule has 6 heteroatoms. The maximum atomic E-state index is 13.6. The first kappa shape index (κ1) is 28.0. The minimum atomic E-state index is -1.14. The van der Waals surface area contributed by atoms with Crippen molar-refractivity contribution in [2.45, 2.75) is 77.0 Å². The molecule has 202 valence electrons. The van der Waals surface area contributed by atoms with Crippen molar-refractivity contribution in [3.63, 3.8) is 0 Å². The predicted molar refractivity (Wildman–Crippen MR) is 147 cm³/mol. The second-order valence-corrected chi connectivity index (χ2v) is 10.9. The number of ether oxygens (including phenoxy) is 4. The summed E-state index contributed by atoms with van der Waals surface area (Å²) in [5.74, 6) is -0.377. The van der Waals surface area contributed by atoms with E-state index in [2.05, 4.69) is 5.32 Å². The van der Waals surface area contributed by atoms with Crippen LogP contribution in [0.3, 0.4) is 0 Å². The van der Waals surface area contributed by atoms with E-state index in [0.29, 0.717) is 26.4 Å². The highest BCUT2D eigenvalue weighted by molar-refractivity contribution is 5.82. The van der Waals surface area contributed by atoms with Gasteiger partial charge in [-0.25, -0.2) is 4.79 Å². The van der Waals surface area contributed by atoms with Gasteiger partial charge in [0, 0.05) is 6.54 Å². The number of carbonyl (C=O) groups excluding carboxylic acids is 1. The van der Waals surface area contributed by atoms with E-state index in [-0.39, 0.29) is 12.1 Å². The maximum Gasteiger partial charge on any atom is 0.329 e. The Morgan fingerprint density at radius 1 is 0.763 bits per heavy atom. The molecule has 4 rings (SSSR count). The van der Waals surface area contributed by atoms with Crippen molar-refractivity contribution in [1.82, 2.24) is 5.32 Å². The molecule has 1 saturated heterocycles. The van der Waals surface area contributed by atoms with E-state index < -0.39 is 23.3 Å². The normalized spacial score (nSPS) is 23.6. The van der Waals surface area contributed by atoms with Crippen LogP contribution in [0, 0.1) is 0 Å². The third kappa shape index (κ3) is 7.51. The lowest BCUT2D eigenvalue weighted by Gasteiger charge is -2.48. The first-order chi connectivity index (χ1) is 18.2. The third-order valence-corrected chi connectivity index (χ3v) is 6.59. The lowest BCUT2D eigenvalue weighted by atomic mass is 9.83. The van der Waals surface area contributed by atoms with Crippen molar-refractivity contribution in [3.8, 4) is 0 Å². The van der Waals surface area contributed by atoms with Gasteiger partial charge in [0.1, 0.15) is 23.3 Å². The fraction of sp³-hybridized carbons (Fsp3) is 0.406. The summed E-state index contributed by atoms with van der Waals surface area (Å²) in [6.45, 7) is 8.96. The first-order valence-corrected chi connectivity index (χ1v) is 13.2. The van der Waals surface area contributed by atoms with Crippen LogP contribution in [0.1, 0.15) is 44.4 Å². The molecule has 0 saturated carbocycles. The fourth-order valence-corrected chi connectivity index (χ4v) is 4.54. The van der Waals surface area contributed by atoms with Gasteiger partial charge in [0.2, 0.25) is 0 Å². The van der Waals surface area contributed by atoms with Gasteiger partial charge < -0.3 is 18.9 Å². The quantitative estimate of drug-likeness (QED) is 0.361. The Labute approximate surface area is 226 Å². The highest BCUT2D eigenvalue weighted by Crippen LogP contribution is 2.32. The van der Waals surface area contributed by atoms with Crippen LogP contribution in [0.2, 0.25) is 0 Å². The zero-order valence-electron chi connectivity index (χ0n) is 22.8. The average molecular weight is 518 g/mol. The SMILES string of the molecule is CC(C)(C)OC(=O)[C@@]1(C)NC[C@@H](OCc2ccccc2)[C@H](OCc2ccccc2)[C@@H]1OCc1ccccc1. The van der Waals surface area contributed by atoms with Gasteiger partial charge in [-0.3, -0.25) is 5.32 Å². The molecular weight excluding hydrogens is 478 g/mol. The van der Waals surface area contributed by atoms with Crippen LogP contribution < -0.4 is 5.32 Å². The molecule has 1 heterocycles. The Balaban J connectivity index is 1.62. The number of hydrogen-bond acceptors (Lipinski definition) is 6. The number of rotatable bonds is 10. The minimum Gasteiger partial charge on any atom is -0.459 e. The van der Waals surface area contributed by atoms with E-state index in [1.165, 1.54) is 0 Å². The molecule has 0 aromatic heterocycles. The van der Waals surface area contributed by atoms with Crippen molar-refractivity contribution >= 4 is 5.97 Å². The molecule has 0 bridgehead atoms. The number of hydrogen-bond donors (Lipinski definition) is 1. The van der Waals surface area contributed by atoms with Gasteiger partial charge in [-0.2, -0.15) is 0 Å². The summed E-state index contributed by atoms with van der Waals surface area (Å²) in [4.78, 5) is 13.6.